The zero-order chi connectivity index (χ0) is 15.5. The van der Waals surface area contributed by atoms with Gasteiger partial charge in [0.05, 0.1) is 4.90 Å². The number of rotatable bonds is 4. The first-order chi connectivity index (χ1) is 9.90. The fourth-order valence-corrected chi connectivity index (χ4v) is 3.55. The van der Waals surface area contributed by atoms with Crippen molar-refractivity contribution in [1.29, 1.82) is 0 Å². The Kier molecular flexibility index (Phi) is 4.86. The van der Waals surface area contributed by atoms with Crippen LogP contribution >= 0.6 is 23.6 Å². The molecule has 9 heteroatoms. The van der Waals surface area contributed by atoms with Crippen molar-refractivity contribution in [3.05, 3.63) is 34.8 Å². The molecule has 112 valence electrons. The molecule has 0 atom stereocenters. The predicted molar refractivity (Wildman–Crippen MR) is 87.0 cm³/mol. The number of aryl methyl sites for hydroxylation is 2. The van der Waals surface area contributed by atoms with Crippen molar-refractivity contribution in [3.63, 3.8) is 0 Å². The first-order valence-electron chi connectivity index (χ1n) is 6.13. The molecule has 0 fully saturated rings. The van der Waals surface area contributed by atoms with Crippen molar-refractivity contribution in [2.75, 3.05) is 5.32 Å². The SMILES string of the molecule is CCc1nnc(NC(=S)NS(=O)(=O)c2ccc(C)cc2)s1. The van der Waals surface area contributed by atoms with Gasteiger partial charge in [-0.15, -0.1) is 10.2 Å². The summed E-state index contributed by atoms with van der Waals surface area (Å²) in [5.41, 5.74) is 0.982. The van der Waals surface area contributed by atoms with E-state index in [1.165, 1.54) is 23.5 Å². The highest BCUT2D eigenvalue weighted by molar-refractivity contribution is 7.92. The van der Waals surface area contributed by atoms with E-state index in [0.29, 0.717) is 5.13 Å². The number of thiocarbonyl (C=S) groups is 1. The Labute approximate surface area is 132 Å². The molecular weight excluding hydrogens is 328 g/mol. The summed E-state index contributed by atoms with van der Waals surface area (Å²) < 4.78 is 26.6. The van der Waals surface area contributed by atoms with Crippen LogP contribution in [0.15, 0.2) is 29.2 Å². The Morgan fingerprint density at radius 2 is 1.95 bits per heavy atom. The van der Waals surface area contributed by atoms with E-state index < -0.39 is 10.0 Å². The summed E-state index contributed by atoms with van der Waals surface area (Å²) in [6.07, 6.45) is 0.765. The van der Waals surface area contributed by atoms with Crippen LogP contribution in [0.1, 0.15) is 17.5 Å². The summed E-state index contributed by atoms with van der Waals surface area (Å²) >= 11 is 6.32. The van der Waals surface area contributed by atoms with Crippen LogP contribution < -0.4 is 10.0 Å². The molecule has 0 saturated carbocycles. The fraction of sp³-hybridized carbons (Fsp3) is 0.250. The Morgan fingerprint density at radius 1 is 1.29 bits per heavy atom. The van der Waals surface area contributed by atoms with Crippen LogP contribution in [0, 0.1) is 6.92 Å². The first kappa shape index (κ1) is 15.8. The second-order valence-electron chi connectivity index (χ2n) is 4.23. The minimum Gasteiger partial charge on any atom is -0.306 e. The summed E-state index contributed by atoms with van der Waals surface area (Å²) in [7, 11) is -3.69. The van der Waals surface area contributed by atoms with E-state index in [0.717, 1.165) is 17.0 Å². The van der Waals surface area contributed by atoms with Crippen molar-refractivity contribution in [2.24, 2.45) is 0 Å². The minimum atomic E-state index is -3.69. The van der Waals surface area contributed by atoms with Gasteiger partial charge in [-0.2, -0.15) is 0 Å². The van der Waals surface area contributed by atoms with Gasteiger partial charge in [0.1, 0.15) is 5.01 Å². The molecule has 0 bridgehead atoms. The van der Waals surface area contributed by atoms with Gasteiger partial charge in [0.2, 0.25) is 5.13 Å². The largest absolute Gasteiger partial charge is 0.306 e. The molecule has 2 N–H and O–H groups in total. The van der Waals surface area contributed by atoms with Crippen LogP contribution in [-0.2, 0) is 16.4 Å². The lowest BCUT2D eigenvalue weighted by atomic mass is 10.2. The van der Waals surface area contributed by atoms with Crippen molar-refractivity contribution >= 4 is 43.8 Å². The topological polar surface area (TPSA) is 84.0 Å². The Morgan fingerprint density at radius 3 is 2.52 bits per heavy atom. The molecule has 0 radical (unpaired) electrons. The molecule has 1 heterocycles. The van der Waals surface area contributed by atoms with E-state index in [1.54, 1.807) is 12.1 Å². The third-order valence-electron chi connectivity index (χ3n) is 2.55. The van der Waals surface area contributed by atoms with Gasteiger partial charge in [-0.05, 0) is 37.7 Å². The number of sulfonamides is 1. The van der Waals surface area contributed by atoms with Gasteiger partial charge in [-0.25, -0.2) is 8.42 Å². The van der Waals surface area contributed by atoms with Crippen LogP contribution in [-0.4, -0.2) is 23.7 Å². The lowest BCUT2D eigenvalue weighted by molar-refractivity contribution is 0.593. The molecule has 0 aliphatic heterocycles. The molecule has 0 saturated heterocycles. The average Bonchev–Trinajstić information content (AvgIpc) is 2.86. The quantitative estimate of drug-likeness (QED) is 0.828. The number of nitrogens with one attached hydrogen (secondary N) is 2. The summed E-state index contributed by atoms with van der Waals surface area (Å²) in [5, 5.41) is 11.8. The second kappa shape index (κ2) is 6.46. The van der Waals surface area contributed by atoms with Gasteiger partial charge in [0.25, 0.3) is 10.0 Å². The van der Waals surface area contributed by atoms with E-state index in [9.17, 15) is 8.42 Å². The third-order valence-corrected chi connectivity index (χ3v) is 5.23. The van der Waals surface area contributed by atoms with Gasteiger partial charge < -0.3 is 5.32 Å². The highest BCUT2D eigenvalue weighted by Crippen LogP contribution is 2.15. The van der Waals surface area contributed by atoms with Gasteiger partial charge in [0.15, 0.2) is 5.11 Å². The highest BCUT2D eigenvalue weighted by atomic mass is 32.2. The highest BCUT2D eigenvalue weighted by Gasteiger charge is 2.16. The summed E-state index contributed by atoms with van der Waals surface area (Å²) in [5.74, 6) is 0. The predicted octanol–water partition coefficient (Wildman–Crippen LogP) is 2.08. The van der Waals surface area contributed by atoms with E-state index in [2.05, 4.69) is 20.2 Å². The van der Waals surface area contributed by atoms with Crippen LogP contribution in [0.4, 0.5) is 5.13 Å². The standard InChI is InChI=1S/C12H14N4O2S3/c1-3-10-14-15-12(20-10)13-11(19)16-21(17,18)9-6-4-8(2)5-7-9/h4-7H,3H2,1-2H3,(H2,13,15,16,19). The van der Waals surface area contributed by atoms with Crippen molar-refractivity contribution in [2.45, 2.75) is 25.2 Å². The smallest absolute Gasteiger partial charge is 0.263 e. The molecule has 6 nitrogen and oxygen atoms in total. The molecule has 2 aromatic rings. The molecule has 0 aliphatic rings. The molecule has 1 aromatic heterocycles. The van der Waals surface area contributed by atoms with Gasteiger partial charge in [0, 0.05) is 0 Å². The zero-order valence-electron chi connectivity index (χ0n) is 11.5. The maximum atomic E-state index is 12.1. The maximum Gasteiger partial charge on any atom is 0.263 e. The number of nitrogens with zero attached hydrogens (tertiary/aromatic N) is 2. The second-order valence-corrected chi connectivity index (χ2v) is 7.38. The molecular formula is C12H14N4O2S3. The van der Waals surface area contributed by atoms with Gasteiger partial charge in [-0.1, -0.05) is 36.0 Å². The molecule has 2 rings (SSSR count). The molecule has 1 aromatic carbocycles. The maximum absolute atomic E-state index is 12.1. The number of hydrogen-bond donors (Lipinski definition) is 2. The lowest BCUT2D eigenvalue weighted by Crippen LogP contribution is -2.34. The monoisotopic (exact) mass is 342 g/mol. The Bertz CT molecular complexity index is 738. The van der Waals surface area contributed by atoms with E-state index in [-0.39, 0.29) is 10.0 Å². The average molecular weight is 342 g/mol. The van der Waals surface area contributed by atoms with Crippen LogP contribution in [0.5, 0.6) is 0 Å². The normalized spacial score (nSPS) is 11.1. The summed E-state index contributed by atoms with van der Waals surface area (Å²) in [6, 6.07) is 6.51. The number of aromatic nitrogens is 2. The summed E-state index contributed by atoms with van der Waals surface area (Å²) in [6.45, 7) is 3.85. The van der Waals surface area contributed by atoms with Crippen molar-refractivity contribution in [1.82, 2.24) is 14.9 Å². The van der Waals surface area contributed by atoms with E-state index in [4.69, 9.17) is 12.2 Å². The fourth-order valence-electron chi connectivity index (χ4n) is 1.47. The van der Waals surface area contributed by atoms with E-state index in [1.807, 2.05) is 13.8 Å². The number of benzene rings is 1. The lowest BCUT2D eigenvalue weighted by Gasteiger charge is -2.09. The molecule has 0 unspecified atom stereocenters. The van der Waals surface area contributed by atoms with Crippen LogP contribution in [0.3, 0.4) is 0 Å². The first-order valence-corrected chi connectivity index (χ1v) is 8.84. The Hall–Kier alpha value is -1.58. The zero-order valence-corrected chi connectivity index (χ0v) is 13.9. The Balaban J connectivity index is 2.05. The molecule has 0 amide bonds. The third kappa shape index (κ3) is 4.19. The van der Waals surface area contributed by atoms with Crippen LogP contribution in [0.25, 0.3) is 0 Å². The van der Waals surface area contributed by atoms with Gasteiger partial charge >= 0.3 is 0 Å². The number of hydrogen-bond acceptors (Lipinski definition) is 6. The van der Waals surface area contributed by atoms with Crippen molar-refractivity contribution in [3.8, 4) is 0 Å². The van der Waals surface area contributed by atoms with Crippen LogP contribution in [0.2, 0.25) is 0 Å². The minimum absolute atomic E-state index is 0.0330. The summed E-state index contributed by atoms with van der Waals surface area (Å²) in [4.78, 5) is 0.156. The van der Waals surface area contributed by atoms with E-state index >= 15 is 0 Å². The van der Waals surface area contributed by atoms with Gasteiger partial charge in [-0.3, -0.25) is 4.72 Å². The molecule has 0 spiro atoms. The molecule has 0 aliphatic carbocycles. The number of anilines is 1. The van der Waals surface area contributed by atoms with Crippen molar-refractivity contribution < 1.29 is 8.42 Å². The molecule has 21 heavy (non-hydrogen) atoms.